The predicted octanol–water partition coefficient (Wildman–Crippen LogP) is 0.302. The molecule has 0 amide bonds. The number of pyridine rings is 1. The van der Waals surface area contributed by atoms with Gasteiger partial charge in [0, 0.05) is 5.69 Å². The molecule has 0 saturated heterocycles. The Morgan fingerprint density at radius 1 is 1.39 bits per heavy atom. The van der Waals surface area contributed by atoms with Gasteiger partial charge in [0.25, 0.3) is 10.0 Å². The van der Waals surface area contributed by atoms with E-state index in [9.17, 15) is 8.42 Å². The van der Waals surface area contributed by atoms with E-state index in [4.69, 9.17) is 5.73 Å². The van der Waals surface area contributed by atoms with Crippen LogP contribution in [0.4, 0.5) is 5.13 Å². The number of nitrogens with one attached hydrogen (secondary N) is 1. The molecule has 0 spiro atoms. The highest BCUT2D eigenvalue weighted by Crippen LogP contribution is 2.16. The fraction of sp³-hybridized carbons (Fsp3) is 0.222. The predicted molar refractivity (Wildman–Crippen MR) is 67.3 cm³/mol. The number of rotatable bonds is 4. The van der Waals surface area contributed by atoms with Gasteiger partial charge in [-0.15, -0.1) is 10.2 Å². The molecule has 0 fully saturated rings. The van der Waals surface area contributed by atoms with Crippen LogP contribution in [-0.2, 0) is 16.6 Å². The molecule has 2 rings (SSSR count). The molecule has 0 aliphatic heterocycles. The molecular weight excluding hydrogens is 274 g/mol. The second-order valence-electron chi connectivity index (χ2n) is 3.50. The topological polar surface area (TPSA) is 111 Å². The molecule has 2 aromatic heterocycles. The first kappa shape index (κ1) is 12.9. The molecule has 2 aromatic rings. The molecule has 0 radical (unpaired) electrons. The zero-order chi connectivity index (χ0) is 13.2. The Balaban J connectivity index is 2.10. The number of hydrogen-bond donors (Lipinski definition) is 2. The first-order chi connectivity index (χ1) is 8.47. The summed E-state index contributed by atoms with van der Waals surface area (Å²) in [4.78, 5) is 4.19. The summed E-state index contributed by atoms with van der Waals surface area (Å²) < 4.78 is 25.9. The third kappa shape index (κ3) is 3.00. The normalized spacial score (nSPS) is 11.6. The molecule has 0 unspecified atom stereocenters. The zero-order valence-electron chi connectivity index (χ0n) is 9.49. The summed E-state index contributed by atoms with van der Waals surface area (Å²) in [6, 6.07) is 5.39. The number of aromatic nitrogens is 3. The summed E-state index contributed by atoms with van der Waals surface area (Å²) >= 11 is 0.818. The Bertz CT molecular complexity index is 652. The Kier molecular flexibility index (Phi) is 3.55. The van der Waals surface area contributed by atoms with Crippen molar-refractivity contribution in [1.29, 1.82) is 0 Å². The fourth-order valence-corrected chi connectivity index (χ4v) is 3.08. The van der Waals surface area contributed by atoms with Crippen LogP contribution in [0.2, 0.25) is 0 Å². The van der Waals surface area contributed by atoms with E-state index in [1.165, 1.54) is 0 Å². The lowest BCUT2D eigenvalue weighted by atomic mass is 10.3. The third-order valence-electron chi connectivity index (χ3n) is 2.04. The molecule has 7 nitrogen and oxygen atoms in total. The number of aryl methyl sites for hydroxylation is 1. The average Bonchev–Trinajstić information content (AvgIpc) is 2.74. The number of nitrogens with two attached hydrogens (primary N) is 1. The van der Waals surface area contributed by atoms with Gasteiger partial charge in [0.05, 0.1) is 12.2 Å². The Labute approximate surface area is 108 Å². The van der Waals surface area contributed by atoms with E-state index in [0.29, 0.717) is 5.69 Å². The number of sulfonamides is 1. The van der Waals surface area contributed by atoms with Crippen LogP contribution < -0.4 is 10.5 Å². The van der Waals surface area contributed by atoms with Crippen LogP contribution in [0, 0.1) is 6.92 Å². The highest BCUT2D eigenvalue weighted by molar-refractivity contribution is 7.91. The highest BCUT2D eigenvalue weighted by atomic mass is 32.2. The Morgan fingerprint density at radius 2 is 2.17 bits per heavy atom. The van der Waals surface area contributed by atoms with Gasteiger partial charge in [-0.25, -0.2) is 13.1 Å². The maximum atomic E-state index is 11.8. The fourth-order valence-electron chi connectivity index (χ4n) is 1.26. The summed E-state index contributed by atoms with van der Waals surface area (Å²) in [5.41, 5.74) is 6.80. The van der Waals surface area contributed by atoms with Gasteiger partial charge in [-0.05, 0) is 19.1 Å². The van der Waals surface area contributed by atoms with Gasteiger partial charge in [0.2, 0.25) is 9.47 Å². The van der Waals surface area contributed by atoms with Gasteiger partial charge in [-0.1, -0.05) is 17.4 Å². The van der Waals surface area contributed by atoms with Crippen LogP contribution in [-0.4, -0.2) is 23.6 Å². The Morgan fingerprint density at radius 3 is 2.78 bits per heavy atom. The van der Waals surface area contributed by atoms with Gasteiger partial charge in [-0.3, -0.25) is 4.98 Å². The molecule has 0 aromatic carbocycles. The lowest BCUT2D eigenvalue weighted by molar-refractivity contribution is 0.578. The molecule has 0 aliphatic carbocycles. The van der Waals surface area contributed by atoms with Crippen molar-refractivity contribution >= 4 is 26.5 Å². The molecule has 0 saturated carbocycles. The molecule has 0 atom stereocenters. The molecule has 0 bridgehead atoms. The van der Waals surface area contributed by atoms with Crippen molar-refractivity contribution in [1.82, 2.24) is 19.9 Å². The SMILES string of the molecule is Cc1cccc(CNS(=O)(=O)c2nnc(N)s2)n1. The minimum absolute atomic E-state index is 0.101. The minimum atomic E-state index is -3.68. The molecule has 3 N–H and O–H groups in total. The van der Waals surface area contributed by atoms with Gasteiger partial charge < -0.3 is 5.73 Å². The number of nitrogen functional groups attached to an aromatic ring is 1. The quantitative estimate of drug-likeness (QED) is 0.836. The van der Waals surface area contributed by atoms with Crippen molar-refractivity contribution in [3.8, 4) is 0 Å². The van der Waals surface area contributed by atoms with E-state index >= 15 is 0 Å². The van der Waals surface area contributed by atoms with Crippen LogP contribution >= 0.6 is 11.3 Å². The molecule has 18 heavy (non-hydrogen) atoms. The van der Waals surface area contributed by atoms with Crippen molar-refractivity contribution in [3.63, 3.8) is 0 Å². The summed E-state index contributed by atoms with van der Waals surface area (Å²) in [5, 5.41) is 7.07. The van der Waals surface area contributed by atoms with E-state index in [0.717, 1.165) is 17.0 Å². The van der Waals surface area contributed by atoms with Crippen LogP contribution in [0.25, 0.3) is 0 Å². The van der Waals surface area contributed by atoms with Crippen molar-refractivity contribution < 1.29 is 8.42 Å². The summed E-state index contributed by atoms with van der Waals surface area (Å²) in [5.74, 6) is 0. The van der Waals surface area contributed by atoms with Crippen LogP contribution in [0.3, 0.4) is 0 Å². The van der Waals surface area contributed by atoms with Gasteiger partial charge in [0.1, 0.15) is 0 Å². The molecular formula is C9H11N5O2S2. The average molecular weight is 285 g/mol. The molecule has 0 aliphatic rings. The molecule has 2 heterocycles. The summed E-state index contributed by atoms with van der Waals surface area (Å²) in [7, 11) is -3.68. The van der Waals surface area contributed by atoms with Crippen molar-refractivity contribution in [2.75, 3.05) is 5.73 Å². The number of nitrogens with zero attached hydrogens (tertiary/aromatic N) is 3. The largest absolute Gasteiger partial charge is 0.374 e. The van der Waals surface area contributed by atoms with Crippen molar-refractivity contribution in [3.05, 3.63) is 29.6 Å². The van der Waals surface area contributed by atoms with Gasteiger partial charge >= 0.3 is 0 Å². The van der Waals surface area contributed by atoms with Gasteiger partial charge in [0.15, 0.2) is 0 Å². The lowest BCUT2D eigenvalue weighted by Crippen LogP contribution is -2.23. The minimum Gasteiger partial charge on any atom is -0.374 e. The van der Waals surface area contributed by atoms with E-state index in [-0.39, 0.29) is 16.0 Å². The second-order valence-corrected chi connectivity index (χ2v) is 6.45. The summed E-state index contributed by atoms with van der Waals surface area (Å²) in [6.07, 6.45) is 0. The first-order valence-corrected chi connectivity index (χ1v) is 7.28. The highest BCUT2D eigenvalue weighted by Gasteiger charge is 2.19. The Hall–Kier alpha value is -1.58. The van der Waals surface area contributed by atoms with Crippen molar-refractivity contribution in [2.45, 2.75) is 17.8 Å². The number of hydrogen-bond acceptors (Lipinski definition) is 7. The van der Waals surface area contributed by atoms with Crippen LogP contribution in [0.1, 0.15) is 11.4 Å². The second kappa shape index (κ2) is 4.96. The monoisotopic (exact) mass is 285 g/mol. The van der Waals surface area contributed by atoms with E-state index in [1.807, 2.05) is 19.1 Å². The first-order valence-electron chi connectivity index (χ1n) is 4.98. The smallest absolute Gasteiger partial charge is 0.270 e. The standard InChI is InChI=1S/C9H11N5O2S2/c1-6-3-2-4-7(12-6)5-11-18(15,16)9-14-13-8(10)17-9/h2-4,11H,5H2,1H3,(H2,10,13). The van der Waals surface area contributed by atoms with E-state index < -0.39 is 10.0 Å². The van der Waals surface area contributed by atoms with Crippen molar-refractivity contribution in [2.24, 2.45) is 0 Å². The van der Waals surface area contributed by atoms with E-state index in [2.05, 4.69) is 19.9 Å². The maximum Gasteiger partial charge on any atom is 0.270 e. The number of anilines is 1. The molecule has 96 valence electrons. The summed E-state index contributed by atoms with van der Waals surface area (Å²) in [6.45, 7) is 1.94. The zero-order valence-corrected chi connectivity index (χ0v) is 11.1. The molecule has 9 heteroatoms. The lowest BCUT2D eigenvalue weighted by Gasteiger charge is -2.03. The maximum absolute atomic E-state index is 11.8. The van der Waals surface area contributed by atoms with E-state index in [1.54, 1.807) is 6.07 Å². The van der Waals surface area contributed by atoms with Crippen LogP contribution in [0.5, 0.6) is 0 Å². The third-order valence-corrected chi connectivity index (χ3v) is 4.56. The van der Waals surface area contributed by atoms with Gasteiger partial charge in [-0.2, -0.15) is 0 Å². The van der Waals surface area contributed by atoms with Crippen LogP contribution in [0.15, 0.2) is 22.5 Å².